The first-order chi connectivity index (χ1) is 4.70. The molecule has 1 heterocycles. The fourth-order valence-electron chi connectivity index (χ4n) is 0.690. The van der Waals surface area contributed by atoms with Crippen LogP contribution in [0.15, 0.2) is 12.3 Å². The van der Waals surface area contributed by atoms with Crippen molar-refractivity contribution in [1.82, 2.24) is 10.2 Å². The van der Waals surface area contributed by atoms with Crippen LogP contribution in [0.3, 0.4) is 0 Å². The second-order valence-corrected chi connectivity index (χ2v) is 2.33. The van der Waals surface area contributed by atoms with Gasteiger partial charge < -0.3 is 5.11 Å². The zero-order chi connectivity index (χ0) is 7.56. The number of hydrogen-bond donors (Lipinski definition) is 1. The van der Waals surface area contributed by atoms with E-state index in [2.05, 4.69) is 10.2 Å². The van der Waals surface area contributed by atoms with Crippen LogP contribution >= 0.6 is 0 Å². The number of nitrogens with zero attached hydrogens (tertiary/aromatic N) is 2. The van der Waals surface area contributed by atoms with Crippen molar-refractivity contribution in [2.45, 2.75) is 20.0 Å². The lowest BCUT2D eigenvalue weighted by Crippen LogP contribution is -1.97. The summed E-state index contributed by atoms with van der Waals surface area (Å²) in [5.74, 6) is 0. The van der Waals surface area contributed by atoms with E-state index in [9.17, 15) is 0 Å². The van der Waals surface area contributed by atoms with Crippen LogP contribution in [-0.4, -0.2) is 15.3 Å². The summed E-state index contributed by atoms with van der Waals surface area (Å²) in [4.78, 5) is 0. The lowest BCUT2D eigenvalue weighted by Gasteiger charge is -2.01. The third-order valence-electron chi connectivity index (χ3n) is 1.24. The monoisotopic (exact) mass is 138 g/mol. The van der Waals surface area contributed by atoms with Crippen LogP contribution < -0.4 is 0 Å². The van der Waals surface area contributed by atoms with Crippen molar-refractivity contribution in [2.24, 2.45) is 0 Å². The maximum Gasteiger partial charge on any atom is 0.0950 e. The predicted molar refractivity (Wildman–Crippen MR) is 37.4 cm³/mol. The Kier molecular flexibility index (Phi) is 1.97. The number of rotatable bonds is 1. The Bertz CT molecular complexity index is 223. The fourth-order valence-corrected chi connectivity index (χ4v) is 0.690. The summed E-state index contributed by atoms with van der Waals surface area (Å²) in [6.07, 6.45) is 1.14. The maximum atomic E-state index is 9.05. The molecule has 0 radical (unpaired) electrons. The van der Waals surface area contributed by atoms with Gasteiger partial charge in [-0.15, -0.1) is 0 Å². The molecule has 1 aromatic rings. The molecular weight excluding hydrogens is 128 g/mol. The summed E-state index contributed by atoms with van der Waals surface area (Å²) in [5.41, 5.74) is 1.64. The van der Waals surface area contributed by atoms with E-state index in [0.29, 0.717) is 5.69 Å². The number of aliphatic hydroxyl groups excluding tert-OH is 1. The first-order valence-corrected chi connectivity index (χ1v) is 3.17. The average Bonchev–Trinajstić information content (AvgIpc) is 1.88. The summed E-state index contributed by atoms with van der Waals surface area (Å²) < 4.78 is 0. The molecule has 10 heavy (non-hydrogen) atoms. The van der Waals surface area contributed by atoms with Gasteiger partial charge in [-0.3, -0.25) is 0 Å². The first-order valence-electron chi connectivity index (χ1n) is 3.17. The van der Waals surface area contributed by atoms with Crippen LogP contribution in [0.5, 0.6) is 0 Å². The Morgan fingerprint density at radius 1 is 1.60 bits per heavy atom. The van der Waals surface area contributed by atoms with Crippen LogP contribution in [-0.2, 0) is 0 Å². The van der Waals surface area contributed by atoms with Gasteiger partial charge in [0.05, 0.1) is 18.0 Å². The summed E-state index contributed by atoms with van der Waals surface area (Å²) in [5, 5.41) is 16.5. The van der Waals surface area contributed by atoms with Crippen molar-refractivity contribution in [3.63, 3.8) is 0 Å². The molecule has 3 nitrogen and oxygen atoms in total. The molecule has 0 bridgehead atoms. The zero-order valence-electron chi connectivity index (χ0n) is 6.07. The van der Waals surface area contributed by atoms with E-state index >= 15 is 0 Å². The van der Waals surface area contributed by atoms with Gasteiger partial charge in [-0.2, -0.15) is 10.2 Å². The van der Waals surface area contributed by atoms with E-state index in [1.807, 2.05) is 13.0 Å². The molecule has 0 saturated heterocycles. The van der Waals surface area contributed by atoms with Gasteiger partial charge in [-0.25, -0.2) is 0 Å². The molecule has 0 aromatic carbocycles. The van der Waals surface area contributed by atoms with E-state index < -0.39 is 6.10 Å². The largest absolute Gasteiger partial charge is 0.387 e. The van der Waals surface area contributed by atoms with Crippen LogP contribution in [0.4, 0.5) is 0 Å². The highest BCUT2D eigenvalue weighted by molar-refractivity contribution is 5.11. The summed E-state index contributed by atoms with van der Waals surface area (Å²) in [6, 6.07) is 1.82. The molecule has 1 N–H and O–H groups in total. The van der Waals surface area contributed by atoms with E-state index in [-0.39, 0.29) is 0 Å². The Balaban J connectivity index is 2.96. The minimum Gasteiger partial charge on any atom is -0.387 e. The van der Waals surface area contributed by atoms with Gasteiger partial charge in [0.25, 0.3) is 0 Å². The van der Waals surface area contributed by atoms with Crippen LogP contribution in [0.2, 0.25) is 0 Å². The molecular formula is C7H10N2O. The highest BCUT2D eigenvalue weighted by Gasteiger charge is 2.01. The molecule has 0 aliphatic carbocycles. The number of aliphatic hydroxyl groups is 1. The second-order valence-electron chi connectivity index (χ2n) is 2.33. The SMILES string of the molecule is Cc1cnnc(C(C)O)c1. The Morgan fingerprint density at radius 3 is 2.70 bits per heavy atom. The van der Waals surface area contributed by atoms with E-state index in [0.717, 1.165) is 5.56 Å². The molecule has 0 saturated carbocycles. The van der Waals surface area contributed by atoms with Gasteiger partial charge in [-0.1, -0.05) is 0 Å². The van der Waals surface area contributed by atoms with Crippen molar-refractivity contribution in [2.75, 3.05) is 0 Å². The normalized spacial score (nSPS) is 13.1. The molecule has 0 spiro atoms. The maximum absolute atomic E-state index is 9.05. The van der Waals surface area contributed by atoms with Gasteiger partial charge in [0, 0.05) is 0 Å². The smallest absolute Gasteiger partial charge is 0.0950 e. The first kappa shape index (κ1) is 7.15. The molecule has 54 valence electrons. The van der Waals surface area contributed by atoms with Crippen molar-refractivity contribution in [3.8, 4) is 0 Å². The minimum atomic E-state index is -0.521. The number of aryl methyl sites for hydroxylation is 1. The molecule has 0 amide bonds. The van der Waals surface area contributed by atoms with Crippen molar-refractivity contribution in [1.29, 1.82) is 0 Å². The van der Waals surface area contributed by atoms with Crippen molar-refractivity contribution >= 4 is 0 Å². The van der Waals surface area contributed by atoms with Crippen LogP contribution in [0.25, 0.3) is 0 Å². The lowest BCUT2D eigenvalue weighted by molar-refractivity contribution is 0.193. The van der Waals surface area contributed by atoms with E-state index in [4.69, 9.17) is 5.11 Å². The molecule has 0 aliphatic rings. The summed E-state index contributed by atoms with van der Waals surface area (Å²) in [6.45, 7) is 3.59. The Labute approximate surface area is 59.7 Å². The lowest BCUT2D eigenvalue weighted by atomic mass is 10.2. The average molecular weight is 138 g/mol. The molecule has 0 aliphatic heterocycles. The van der Waals surface area contributed by atoms with Gasteiger partial charge in [0.2, 0.25) is 0 Å². The molecule has 1 rings (SSSR count). The molecule has 3 heteroatoms. The molecule has 0 fully saturated rings. The van der Waals surface area contributed by atoms with Crippen molar-refractivity contribution in [3.05, 3.63) is 23.5 Å². The molecule has 1 unspecified atom stereocenters. The molecule has 1 aromatic heterocycles. The van der Waals surface area contributed by atoms with Crippen molar-refractivity contribution < 1.29 is 5.11 Å². The standard InChI is InChI=1S/C7H10N2O/c1-5-3-7(6(2)10)9-8-4-5/h3-4,6,10H,1-2H3. The van der Waals surface area contributed by atoms with Gasteiger partial charge in [0.15, 0.2) is 0 Å². The van der Waals surface area contributed by atoms with Crippen LogP contribution in [0, 0.1) is 6.92 Å². The number of hydrogen-bond acceptors (Lipinski definition) is 3. The quantitative estimate of drug-likeness (QED) is 0.625. The Hall–Kier alpha value is -0.960. The minimum absolute atomic E-state index is 0.521. The highest BCUT2D eigenvalue weighted by atomic mass is 16.3. The second kappa shape index (κ2) is 2.75. The predicted octanol–water partition coefficient (Wildman–Crippen LogP) is 0.838. The summed E-state index contributed by atoms with van der Waals surface area (Å²) >= 11 is 0. The number of aromatic nitrogens is 2. The summed E-state index contributed by atoms with van der Waals surface area (Å²) in [7, 11) is 0. The Morgan fingerprint density at radius 2 is 2.30 bits per heavy atom. The third-order valence-corrected chi connectivity index (χ3v) is 1.24. The van der Waals surface area contributed by atoms with Gasteiger partial charge in [-0.05, 0) is 25.5 Å². The van der Waals surface area contributed by atoms with Gasteiger partial charge in [0.1, 0.15) is 0 Å². The van der Waals surface area contributed by atoms with E-state index in [1.54, 1.807) is 13.1 Å². The third kappa shape index (κ3) is 1.51. The molecule has 1 atom stereocenters. The zero-order valence-corrected chi connectivity index (χ0v) is 6.07. The van der Waals surface area contributed by atoms with Crippen LogP contribution in [0.1, 0.15) is 24.3 Å². The fraction of sp³-hybridized carbons (Fsp3) is 0.429. The highest BCUT2D eigenvalue weighted by Crippen LogP contribution is 2.07. The topological polar surface area (TPSA) is 46.0 Å². The van der Waals surface area contributed by atoms with E-state index in [1.165, 1.54) is 0 Å². The van der Waals surface area contributed by atoms with Gasteiger partial charge >= 0.3 is 0 Å².